The van der Waals surface area contributed by atoms with Crippen molar-refractivity contribution in [3.05, 3.63) is 83.0 Å². The van der Waals surface area contributed by atoms with E-state index in [9.17, 15) is 25.2 Å². The third-order valence-electron chi connectivity index (χ3n) is 7.35. The number of hydrogen-bond donors (Lipinski definition) is 5. The van der Waals surface area contributed by atoms with E-state index in [2.05, 4.69) is 45.2 Å². The third-order valence-corrected chi connectivity index (χ3v) is 7.35. The van der Waals surface area contributed by atoms with Gasteiger partial charge in [-0.3, -0.25) is 4.79 Å². The number of rotatable bonds is 9. The second kappa shape index (κ2) is 14.1. The van der Waals surface area contributed by atoms with Gasteiger partial charge in [-0.25, -0.2) is 0 Å². The molecule has 1 heterocycles. The molecule has 1 aliphatic carbocycles. The van der Waals surface area contributed by atoms with E-state index in [-0.39, 0.29) is 11.3 Å². The molecule has 0 radical (unpaired) electrons. The summed E-state index contributed by atoms with van der Waals surface area (Å²) in [6.45, 7) is 10.2. The molecule has 1 aromatic carbocycles. The second-order valence-electron chi connectivity index (χ2n) is 11.3. The van der Waals surface area contributed by atoms with Crippen LogP contribution >= 0.6 is 0 Å². The van der Waals surface area contributed by atoms with Crippen molar-refractivity contribution in [3.63, 3.8) is 0 Å². The van der Waals surface area contributed by atoms with Gasteiger partial charge in [0.2, 0.25) is 12.2 Å². The van der Waals surface area contributed by atoms with Crippen LogP contribution in [0.1, 0.15) is 53.9 Å². The van der Waals surface area contributed by atoms with E-state index in [1.165, 1.54) is 30.1 Å². The van der Waals surface area contributed by atoms with Gasteiger partial charge in [0.25, 0.3) is 0 Å². The van der Waals surface area contributed by atoms with E-state index in [1.807, 2.05) is 25.2 Å². The van der Waals surface area contributed by atoms with Crippen molar-refractivity contribution in [2.75, 3.05) is 11.9 Å². The van der Waals surface area contributed by atoms with Crippen LogP contribution in [0.25, 0.3) is 0 Å². The Morgan fingerprint density at radius 3 is 2.42 bits per heavy atom. The number of hydrogen-bond acceptors (Lipinski definition) is 7. The first-order chi connectivity index (χ1) is 18.9. The van der Waals surface area contributed by atoms with E-state index in [0.29, 0.717) is 11.4 Å². The lowest BCUT2D eigenvalue weighted by Gasteiger charge is -2.39. The first-order valence-electron chi connectivity index (χ1n) is 13.7. The van der Waals surface area contributed by atoms with Gasteiger partial charge in [0, 0.05) is 11.8 Å². The molecule has 5 atom stereocenters. The lowest BCUT2D eigenvalue weighted by molar-refractivity contribution is -0.277. The van der Waals surface area contributed by atoms with Crippen LogP contribution in [0.4, 0.5) is 5.69 Å². The molecule has 3 rings (SSSR count). The Bertz CT molecular complexity index is 1170. The molecule has 8 nitrogen and oxygen atoms in total. The molecule has 0 spiro atoms. The van der Waals surface area contributed by atoms with E-state index >= 15 is 0 Å². The zero-order chi connectivity index (χ0) is 29.4. The Kier molecular flexibility index (Phi) is 11.1. The number of ether oxygens (including phenoxy) is 2. The highest BCUT2D eigenvalue weighted by atomic mass is 16.7. The number of aliphatic hydroxyl groups is 4. The molecule has 5 N–H and O–H groups in total. The van der Waals surface area contributed by atoms with Crippen LogP contribution in [-0.4, -0.2) is 63.6 Å². The number of nitrogens with one attached hydrogen (secondary N) is 1. The zero-order valence-electron chi connectivity index (χ0n) is 24.0. The minimum atomic E-state index is -1.52. The van der Waals surface area contributed by atoms with Crippen molar-refractivity contribution >= 4 is 11.6 Å². The fraction of sp³-hybridized carbons (Fsp3) is 0.469. The first kappa shape index (κ1) is 31.5. The molecule has 2 aliphatic rings. The smallest absolute Gasteiger partial charge is 0.248 e. The van der Waals surface area contributed by atoms with E-state index < -0.39 is 37.3 Å². The lowest BCUT2D eigenvalue weighted by atomic mass is 9.72. The molecule has 1 amide bonds. The predicted molar refractivity (Wildman–Crippen MR) is 156 cm³/mol. The Balaban J connectivity index is 1.53. The van der Waals surface area contributed by atoms with Crippen LogP contribution in [0.3, 0.4) is 0 Å². The predicted octanol–water partition coefficient (Wildman–Crippen LogP) is 4.34. The van der Waals surface area contributed by atoms with Crippen molar-refractivity contribution in [1.29, 1.82) is 0 Å². The standard InChI is InChI=1S/C32H43NO7/c1-20(11-16-25-22(3)10-7-17-32(25,4)5)8-6-9-21(2)18-27(35)33-23-12-14-24(15-13-23)39-31-30(38)29(37)28(36)26(19-34)40-31/h6,8-9,11-16,18,26,28-31,34,36-38H,7,10,17,19H2,1-5H3,(H,33,35)/b9-6+,16-11+,20-8+,21-18+/t26-,28-,29+,30+,31-/m1/s1. The van der Waals surface area contributed by atoms with E-state index in [4.69, 9.17) is 9.47 Å². The maximum absolute atomic E-state index is 12.5. The molecule has 1 aromatic rings. The van der Waals surface area contributed by atoms with Crippen LogP contribution in [0.5, 0.6) is 5.75 Å². The van der Waals surface area contributed by atoms with Crippen LogP contribution in [0.2, 0.25) is 0 Å². The Morgan fingerprint density at radius 2 is 1.77 bits per heavy atom. The van der Waals surface area contributed by atoms with Gasteiger partial charge in [-0.2, -0.15) is 0 Å². The largest absolute Gasteiger partial charge is 0.462 e. The van der Waals surface area contributed by atoms with Gasteiger partial charge in [0.05, 0.1) is 6.61 Å². The van der Waals surface area contributed by atoms with Crippen LogP contribution in [0, 0.1) is 5.41 Å². The van der Waals surface area contributed by atoms with Crippen molar-refractivity contribution in [1.82, 2.24) is 0 Å². The van der Waals surface area contributed by atoms with Crippen molar-refractivity contribution < 1.29 is 34.7 Å². The summed E-state index contributed by atoms with van der Waals surface area (Å²) < 4.78 is 10.9. The normalized spacial score (nSPS) is 27.9. The fourth-order valence-electron chi connectivity index (χ4n) is 4.98. The molecular formula is C32H43NO7. The summed E-state index contributed by atoms with van der Waals surface area (Å²) in [7, 11) is 0. The quantitative estimate of drug-likeness (QED) is 0.227. The summed E-state index contributed by atoms with van der Waals surface area (Å²) in [5, 5.41) is 42.0. The number of carbonyl (C=O) groups is 1. The molecule has 1 fully saturated rings. The molecule has 8 heteroatoms. The average molecular weight is 554 g/mol. The van der Waals surface area contributed by atoms with Crippen molar-refractivity contribution in [2.45, 2.75) is 84.6 Å². The second-order valence-corrected chi connectivity index (χ2v) is 11.3. The van der Waals surface area contributed by atoms with Crippen molar-refractivity contribution in [2.24, 2.45) is 5.41 Å². The summed E-state index contributed by atoms with van der Waals surface area (Å²) in [5.74, 6) is 0.0268. The van der Waals surface area contributed by atoms with Gasteiger partial charge >= 0.3 is 0 Å². The van der Waals surface area contributed by atoms with Gasteiger partial charge in [0.15, 0.2) is 0 Å². The van der Waals surface area contributed by atoms with E-state index in [1.54, 1.807) is 24.3 Å². The summed E-state index contributed by atoms with van der Waals surface area (Å²) in [6.07, 6.45) is 8.52. The van der Waals surface area contributed by atoms with Gasteiger partial charge in [-0.05, 0) is 80.9 Å². The molecule has 0 unspecified atom stereocenters. The van der Waals surface area contributed by atoms with Crippen LogP contribution in [0.15, 0.2) is 83.0 Å². The number of amides is 1. The lowest BCUT2D eigenvalue weighted by Crippen LogP contribution is -2.60. The molecule has 40 heavy (non-hydrogen) atoms. The van der Waals surface area contributed by atoms with Crippen LogP contribution in [-0.2, 0) is 9.53 Å². The first-order valence-corrected chi connectivity index (χ1v) is 13.7. The molecule has 0 bridgehead atoms. The fourth-order valence-corrected chi connectivity index (χ4v) is 4.98. The van der Waals surface area contributed by atoms with E-state index in [0.717, 1.165) is 17.6 Å². The Morgan fingerprint density at radius 1 is 1.07 bits per heavy atom. The van der Waals surface area contributed by atoms with Gasteiger partial charge in [0.1, 0.15) is 30.2 Å². The molecule has 1 saturated heterocycles. The van der Waals surface area contributed by atoms with Gasteiger partial charge in [-0.1, -0.05) is 55.4 Å². The topological polar surface area (TPSA) is 128 Å². The molecular weight excluding hydrogens is 510 g/mol. The summed E-state index contributed by atoms with van der Waals surface area (Å²) in [6, 6.07) is 6.39. The minimum Gasteiger partial charge on any atom is -0.462 e. The summed E-state index contributed by atoms with van der Waals surface area (Å²) in [5.41, 5.74) is 5.56. The zero-order valence-corrected chi connectivity index (χ0v) is 24.0. The highest BCUT2D eigenvalue weighted by molar-refractivity contribution is 6.00. The SMILES string of the molecule is CC1=C(/C=C/C(C)=C/C=C/C(C)=C/C(=O)Nc2ccc(O[C@@H]3O[C@H](CO)[C@@H](O)[C@H](O)[C@@H]3O)cc2)C(C)(C)CCC1. The van der Waals surface area contributed by atoms with Gasteiger partial charge < -0.3 is 35.2 Å². The maximum atomic E-state index is 12.5. The molecule has 1 aliphatic heterocycles. The average Bonchev–Trinajstić information content (AvgIpc) is 2.89. The number of anilines is 1. The highest BCUT2D eigenvalue weighted by Gasteiger charge is 2.44. The molecule has 218 valence electrons. The number of carbonyl (C=O) groups excluding carboxylic acids is 1. The van der Waals surface area contributed by atoms with Gasteiger partial charge in [-0.15, -0.1) is 0 Å². The van der Waals surface area contributed by atoms with Crippen molar-refractivity contribution in [3.8, 4) is 5.75 Å². The highest BCUT2D eigenvalue weighted by Crippen LogP contribution is 2.40. The monoisotopic (exact) mass is 553 g/mol. The minimum absolute atomic E-state index is 0.208. The van der Waals surface area contributed by atoms with Crippen LogP contribution < -0.4 is 10.1 Å². The molecule has 0 aromatic heterocycles. The summed E-state index contributed by atoms with van der Waals surface area (Å²) in [4.78, 5) is 12.5. The molecule has 0 saturated carbocycles. The summed E-state index contributed by atoms with van der Waals surface area (Å²) >= 11 is 0. The third kappa shape index (κ3) is 8.49. The maximum Gasteiger partial charge on any atom is 0.248 e. The Hall–Kier alpha value is -3.01. The number of aliphatic hydroxyl groups excluding tert-OH is 4. The Labute approximate surface area is 237 Å². The number of allylic oxidation sites excluding steroid dienone is 9. The number of benzene rings is 1.